The van der Waals surface area contributed by atoms with Crippen molar-refractivity contribution in [3.05, 3.63) is 58.2 Å². The number of carbonyl (C=O) groups is 2. The van der Waals surface area contributed by atoms with Gasteiger partial charge in [-0.15, -0.1) is 12.8 Å². The van der Waals surface area contributed by atoms with Crippen molar-refractivity contribution in [1.82, 2.24) is 4.90 Å². The van der Waals surface area contributed by atoms with Crippen molar-refractivity contribution in [3.8, 4) is 12.8 Å². The summed E-state index contributed by atoms with van der Waals surface area (Å²) < 4.78 is 0. The van der Waals surface area contributed by atoms with E-state index in [4.69, 9.17) is 0 Å². The SMILES string of the molecule is C#C.CCC(CC)(C/C=C\C(CCC1(O)CCCCC1)=C(C)C)c1ccc(C(=O)N(C)C(C)C(=O)O)c(C)c1. The first kappa shape index (κ1) is 34.2. The zero-order chi connectivity index (χ0) is 29.8. The maximum absolute atomic E-state index is 12.9. The van der Waals surface area contributed by atoms with Crippen LogP contribution in [0.4, 0.5) is 0 Å². The number of hydrogen-bond acceptors (Lipinski definition) is 3. The summed E-state index contributed by atoms with van der Waals surface area (Å²) in [6, 6.07) is 5.12. The Morgan fingerprint density at radius 3 is 2.21 bits per heavy atom. The lowest BCUT2D eigenvalue weighted by molar-refractivity contribution is -0.141. The van der Waals surface area contributed by atoms with E-state index in [-0.39, 0.29) is 11.3 Å². The van der Waals surface area contributed by atoms with Crippen molar-refractivity contribution in [2.45, 2.75) is 123 Å². The molecule has 1 aromatic rings. The van der Waals surface area contributed by atoms with Crippen LogP contribution in [0, 0.1) is 19.8 Å². The molecule has 5 heteroatoms. The quantitative estimate of drug-likeness (QED) is 0.212. The Labute approximate surface area is 237 Å². The minimum atomic E-state index is -1.02. The van der Waals surface area contributed by atoms with Crippen LogP contribution in [0.5, 0.6) is 0 Å². The van der Waals surface area contributed by atoms with E-state index in [9.17, 15) is 19.8 Å². The summed E-state index contributed by atoms with van der Waals surface area (Å²) in [5, 5.41) is 20.2. The highest BCUT2D eigenvalue weighted by Crippen LogP contribution is 2.38. The van der Waals surface area contributed by atoms with Crippen molar-refractivity contribution >= 4 is 11.9 Å². The van der Waals surface area contributed by atoms with Gasteiger partial charge >= 0.3 is 5.97 Å². The molecule has 5 nitrogen and oxygen atoms in total. The lowest BCUT2D eigenvalue weighted by Gasteiger charge is -2.33. The molecule has 1 fully saturated rings. The molecule has 0 saturated heterocycles. The van der Waals surface area contributed by atoms with Crippen LogP contribution in [0.2, 0.25) is 0 Å². The van der Waals surface area contributed by atoms with Crippen LogP contribution in [0.1, 0.15) is 120 Å². The third-order valence-electron chi connectivity index (χ3n) is 8.80. The molecule has 1 amide bonds. The number of aliphatic hydroxyl groups is 1. The van der Waals surface area contributed by atoms with Crippen molar-refractivity contribution in [2.75, 3.05) is 7.05 Å². The standard InChI is InChI=1S/C32H49NO4.C2H2/c1-8-31(9-2,18-13-14-26(23(3)4)17-21-32(37)19-11-10-12-20-32)27-15-16-28(24(5)22-27)29(34)33(7)25(6)30(35)36;1-2/h13-16,22,25,37H,8-12,17-21H2,1-7H3,(H,35,36);1-2H/b14-13-;. The van der Waals surface area contributed by atoms with Gasteiger partial charge in [0.15, 0.2) is 0 Å². The molecule has 0 aliphatic heterocycles. The number of amides is 1. The minimum absolute atomic E-state index is 0.0442. The fourth-order valence-electron chi connectivity index (χ4n) is 5.58. The maximum Gasteiger partial charge on any atom is 0.326 e. The highest BCUT2D eigenvalue weighted by atomic mass is 16.4. The number of carbonyl (C=O) groups excluding carboxylic acids is 1. The van der Waals surface area contributed by atoms with Gasteiger partial charge in [0.2, 0.25) is 0 Å². The summed E-state index contributed by atoms with van der Waals surface area (Å²) in [4.78, 5) is 25.6. The summed E-state index contributed by atoms with van der Waals surface area (Å²) in [6.07, 6.45) is 22.5. The lowest BCUT2D eigenvalue weighted by atomic mass is 9.72. The molecule has 0 radical (unpaired) electrons. The lowest BCUT2D eigenvalue weighted by Crippen LogP contribution is -2.40. The van der Waals surface area contributed by atoms with Gasteiger partial charge in [-0.3, -0.25) is 4.79 Å². The van der Waals surface area contributed by atoms with E-state index < -0.39 is 17.6 Å². The minimum Gasteiger partial charge on any atom is -0.480 e. The average Bonchev–Trinajstić information content (AvgIpc) is 2.93. The predicted octanol–water partition coefficient (Wildman–Crippen LogP) is 7.61. The Kier molecular flexibility index (Phi) is 13.7. The molecule has 2 N–H and O–H groups in total. The number of carboxylic acids is 1. The fourth-order valence-corrected chi connectivity index (χ4v) is 5.58. The van der Waals surface area contributed by atoms with Crippen LogP contribution in [0.25, 0.3) is 0 Å². The molecule has 1 aliphatic rings. The molecule has 2 rings (SSSR count). The molecule has 1 aromatic carbocycles. The number of rotatable bonds is 12. The highest BCUT2D eigenvalue weighted by Gasteiger charge is 2.30. The average molecular weight is 538 g/mol. The first-order valence-electron chi connectivity index (χ1n) is 14.4. The van der Waals surface area contributed by atoms with Crippen LogP contribution < -0.4 is 0 Å². The van der Waals surface area contributed by atoms with Crippen molar-refractivity contribution in [3.63, 3.8) is 0 Å². The number of aryl methyl sites for hydroxylation is 1. The molecule has 0 heterocycles. The van der Waals surface area contributed by atoms with Gasteiger partial charge in [-0.25, -0.2) is 4.79 Å². The molecular weight excluding hydrogens is 486 g/mol. The second kappa shape index (κ2) is 15.7. The van der Waals surface area contributed by atoms with E-state index in [0.717, 1.165) is 63.4 Å². The molecule has 0 bridgehead atoms. The predicted molar refractivity (Wildman–Crippen MR) is 162 cm³/mol. The second-order valence-corrected chi connectivity index (χ2v) is 11.4. The third kappa shape index (κ3) is 9.11. The van der Waals surface area contributed by atoms with E-state index in [1.54, 1.807) is 0 Å². The number of terminal acetylenes is 1. The van der Waals surface area contributed by atoms with E-state index in [1.807, 2.05) is 19.1 Å². The first-order valence-corrected chi connectivity index (χ1v) is 14.4. The van der Waals surface area contributed by atoms with E-state index in [2.05, 4.69) is 58.8 Å². The highest BCUT2D eigenvalue weighted by molar-refractivity contribution is 5.97. The maximum atomic E-state index is 12.9. The molecule has 0 spiro atoms. The molecule has 0 aromatic heterocycles. The molecule has 1 unspecified atom stereocenters. The van der Waals surface area contributed by atoms with Crippen LogP contribution in [0.3, 0.4) is 0 Å². The Hall–Kier alpha value is -2.84. The van der Waals surface area contributed by atoms with Gasteiger partial charge in [0, 0.05) is 12.6 Å². The van der Waals surface area contributed by atoms with Crippen LogP contribution >= 0.6 is 0 Å². The summed E-state index contributed by atoms with van der Waals surface area (Å²) >= 11 is 0. The molecule has 1 aliphatic carbocycles. The first-order chi connectivity index (χ1) is 18.4. The van der Waals surface area contributed by atoms with Gasteiger partial charge in [0.25, 0.3) is 5.91 Å². The number of hydrogen-bond donors (Lipinski definition) is 2. The second-order valence-electron chi connectivity index (χ2n) is 11.4. The number of allylic oxidation sites excluding steroid dienone is 4. The van der Waals surface area contributed by atoms with Crippen molar-refractivity contribution < 1.29 is 19.8 Å². The monoisotopic (exact) mass is 537 g/mol. The molecule has 216 valence electrons. The fraction of sp³-hybridized carbons (Fsp3) is 0.588. The number of aliphatic carboxylic acids is 1. The van der Waals surface area contributed by atoms with Gasteiger partial charge in [-0.05, 0) is 101 Å². The molecule has 1 atom stereocenters. The molecule has 1 saturated carbocycles. The topological polar surface area (TPSA) is 77.8 Å². The van der Waals surface area contributed by atoms with Crippen LogP contribution in [-0.4, -0.2) is 45.7 Å². The smallest absolute Gasteiger partial charge is 0.326 e. The number of likely N-dealkylation sites (N-methyl/N-ethyl adjacent to an activating group) is 1. The van der Waals surface area contributed by atoms with Gasteiger partial charge in [-0.1, -0.05) is 63.0 Å². The van der Waals surface area contributed by atoms with Gasteiger partial charge < -0.3 is 15.1 Å². The largest absolute Gasteiger partial charge is 0.480 e. The Morgan fingerprint density at radius 2 is 1.72 bits per heavy atom. The zero-order valence-electron chi connectivity index (χ0n) is 25.3. The number of carboxylic acid groups (broad SMARTS) is 1. The van der Waals surface area contributed by atoms with Gasteiger partial charge in [0.1, 0.15) is 6.04 Å². The Balaban J connectivity index is 0.00000371. The van der Waals surface area contributed by atoms with E-state index in [1.165, 1.54) is 42.0 Å². The van der Waals surface area contributed by atoms with Crippen molar-refractivity contribution in [1.29, 1.82) is 0 Å². The number of benzene rings is 1. The van der Waals surface area contributed by atoms with E-state index >= 15 is 0 Å². The van der Waals surface area contributed by atoms with Gasteiger partial charge in [0.05, 0.1) is 5.60 Å². The van der Waals surface area contributed by atoms with E-state index in [0.29, 0.717) is 5.56 Å². The van der Waals surface area contributed by atoms with Crippen LogP contribution in [0.15, 0.2) is 41.5 Å². The third-order valence-corrected chi connectivity index (χ3v) is 8.80. The summed E-state index contributed by atoms with van der Waals surface area (Å²) in [6.45, 7) is 12.2. The summed E-state index contributed by atoms with van der Waals surface area (Å²) in [5.74, 6) is -1.29. The van der Waals surface area contributed by atoms with Crippen molar-refractivity contribution in [2.24, 2.45) is 0 Å². The Bertz CT molecular complexity index is 1030. The normalized spacial score (nSPS) is 15.6. The van der Waals surface area contributed by atoms with Gasteiger partial charge in [-0.2, -0.15) is 0 Å². The van der Waals surface area contributed by atoms with Crippen LogP contribution in [-0.2, 0) is 10.2 Å². The molecular formula is C34H51NO4. The molecule has 39 heavy (non-hydrogen) atoms. The Morgan fingerprint density at radius 1 is 1.13 bits per heavy atom. The summed E-state index contributed by atoms with van der Waals surface area (Å²) in [7, 11) is 1.54. The zero-order valence-corrected chi connectivity index (χ0v) is 25.3. The number of nitrogens with zero attached hydrogens (tertiary/aromatic N) is 1. The summed E-state index contributed by atoms with van der Waals surface area (Å²) in [5.41, 5.74) is 4.69.